The minimum absolute atomic E-state index is 0.0570. The van der Waals surface area contributed by atoms with E-state index < -0.39 is 23.7 Å². The molecule has 0 radical (unpaired) electrons. The number of carbonyl (C=O) groups is 1. The molecule has 0 fully saturated rings. The monoisotopic (exact) mass is 294 g/mol. The van der Waals surface area contributed by atoms with Crippen LogP contribution in [-0.4, -0.2) is 11.9 Å². The molecule has 0 heterocycles. The van der Waals surface area contributed by atoms with Crippen molar-refractivity contribution in [3.8, 4) is 0 Å². The highest BCUT2D eigenvalue weighted by Gasteiger charge is 2.34. The van der Waals surface area contributed by atoms with Crippen molar-refractivity contribution in [1.82, 2.24) is 0 Å². The molecule has 1 amide bonds. The van der Waals surface area contributed by atoms with Crippen LogP contribution in [0, 0.1) is 5.92 Å². The van der Waals surface area contributed by atoms with Gasteiger partial charge in [-0.05, 0) is 24.1 Å². The minimum Gasteiger partial charge on any atom is -0.324 e. The predicted octanol–water partition coefficient (Wildman–Crippen LogP) is 3.28. The molecule has 1 atom stereocenters. The van der Waals surface area contributed by atoms with Crippen molar-refractivity contribution < 1.29 is 18.0 Å². The van der Waals surface area contributed by atoms with Crippen molar-refractivity contribution in [3.63, 3.8) is 0 Å². The first kappa shape index (κ1) is 15.8. The highest BCUT2D eigenvalue weighted by atomic mass is 35.5. The largest absolute Gasteiger partial charge is 0.418 e. The van der Waals surface area contributed by atoms with Crippen LogP contribution < -0.4 is 11.1 Å². The molecule has 0 aliphatic heterocycles. The van der Waals surface area contributed by atoms with Crippen LogP contribution in [0.3, 0.4) is 0 Å². The Kier molecular flexibility index (Phi) is 4.81. The van der Waals surface area contributed by atoms with Crippen molar-refractivity contribution >= 4 is 23.2 Å². The number of hydrogen-bond donors (Lipinski definition) is 2. The first-order valence-electron chi connectivity index (χ1n) is 5.56. The van der Waals surface area contributed by atoms with Gasteiger partial charge in [0, 0.05) is 5.02 Å². The number of rotatable bonds is 3. The van der Waals surface area contributed by atoms with Crippen LogP contribution in [0.15, 0.2) is 18.2 Å². The Morgan fingerprint density at radius 3 is 2.42 bits per heavy atom. The van der Waals surface area contributed by atoms with Crippen molar-refractivity contribution in [1.29, 1.82) is 0 Å². The van der Waals surface area contributed by atoms with E-state index in [1.54, 1.807) is 13.8 Å². The van der Waals surface area contributed by atoms with Gasteiger partial charge in [-0.25, -0.2) is 0 Å². The van der Waals surface area contributed by atoms with Gasteiger partial charge in [-0.2, -0.15) is 13.2 Å². The van der Waals surface area contributed by atoms with Crippen molar-refractivity contribution in [3.05, 3.63) is 28.8 Å². The van der Waals surface area contributed by atoms with E-state index in [0.29, 0.717) is 0 Å². The van der Waals surface area contributed by atoms with Gasteiger partial charge in [0.2, 0.25) is 5.91 Å². The van der Waals surface area contributed by atoms with Crippen LogP contribution in [0.1, 0.15) is 19.4 Å². The second-order valence-electron chi connectivity index (χ2n) is 4.45. The Balaban J connectivity index is 3.05. The number of alkyl halides is 3. The number of nitrogens with two attached hydrogens (primary N) is 1. The van der Waals surface area contributed by atoms with E-state index in [0.717, 1.165) is 12.1 Å². The average molecular weight is 295 g/mol. The minimum atomic E-state index is -4.60. The van der Waals surface area contributed by atoms with Gasteiger partial charge in [-0.3, -0.25) is 4.79 Å². The molecule has 1 aromatic carbocycles. The molecule has 19 heavy (non-hydrogen) atoms. The molecule has 1 aromatic rings. The molecule has 0 aliphatic carbocycles. The van der Waals surface area contributed by atoms with Crippen molar-refractivity contribution in [2.24, 2.45) is 11.7 Å². The summed E-state index contributed by atoms with van der Waals surface area (Å²) in [6, 6.07) is 2.26. The van der Waals surface area contributed by atoms with Gasteiger partial charge in [0.1, 0.15) is 0 Å². The van der Waals surface area contributed by atoms with E-state index >= 15 is 0 Å². The molecule has 0 saturated heterocycles. The number of nitrogens with one attached hydrogen (secondary N) is 1. The smallest absolute Gasteiger partial charge is 0.324 e. The third-order valence-corrected chi connectivity index (χ3v) is 2.80. The third kappa shape index (κ3) is 4.11. The Bertz CT molecular complexity index is 475. The van der Waals surface area contributed by atoms with E-state index in [9.17, 15) is 18.0 Å². The maximum Gasteiger partial charge on any atom is 0.418 e. The quantitative estimate of drug-likeness (QED) is 0.899. The van der Waals surface area contributed by atoms with Crippen LogP contribution >= 0.6 is 11.6 Å². The molecule has 7 heteroatoms. The average Bonchev–Trinajstić information content (AvgIpc) is 2.28. The fourth-order valence-corrected chi connectivity index (χ4v) is 1.55. The molecule has 0 bridgehead atoms. The first-order chi connectivity index (χ1) is 8.62. The molecular weight excluding hydrogens is 281 g/mol. The molecule has 1 rings (SSSR count). The Labute approximate surface area is 113 Å². The van der Waals surface area contributed by atoms with Gasteiger partial charge in [-0.15, -0.1) is 0 Å². The summed E-state index contributed by atoms with van der Waals surface area (Å²) >= 11 is 5.54. The first-order valence-corrected chi connectivity index (χ1v) is 5.94. The molecule has 0 aliphatic rings. The van der Waals surface area contributed by atoms with Crippen molar-refractivity contribution in [2.45, 2.75) is 26.1 Å². The van der Waals surface area contributed by atoms with E-state index in [1.165, 1.54) is 6.07 Å². The Hall–Kier alpha value is -1.27. The highest BCUT2D eigenvalue weighted by molar-refractivity contribution is 6.30. The van der Waals surface area contributed by atoms with Gasteiger partial charge in [0.25, 0.3) is 0 Å². The molecule has 3 nitrogen and oxygen atoms in total. The lowest BCUT2D eigenvalue weighted by atomic mass is 10.0. The number of hydrogen-bond acceptors (Lipinski definition) is 2. The summed E-state index contributed by atoms with van der Waals surface area (Å²) < 4.78 is 38.4. The Morgan fingerprint density at radius 2 is 1.95 bits per heavy atom. The van der Waals surface area contributed by atoms with E-state index in [1.807, 2.05) is 0 Å². The fraction of sp³-hybridized carbons (Fsp3) is 0.417. The van der Waals surface area contributed by atoms with Crippen LogP contribution in [0.5, 0.6) is 0 Å². The van der Waals surface area contributed by atoms with E-state index in [-0.39, 0.29) is 16.6 Å². The van der Waals surface area contributed by atoms with Crippen molar-refractivity contribution in [2.75, 3.05) is 5.32 Å². The Morgan fingerprint density at radius 1 is 1.37 bits per heavy atom. The third-order valence-electron chi connectivity index (χ3n) is 2.57. The predicted molar refractivity (Wildman–Crippen MR) is 67.9 cm³/mol. The van der Waals surface area contributed by atoms with Gasteiger partial charge in [0.15, 0.2) is 0 Å². The number of anilines is 1. The molecule has 0 unspecified atom stereocenters. The number of halogens is 4. The summed E-state index contributed by atoms with van der Waals surface area (Å²) in [5.41, 5.74) is 4.23. The lowest BCUT2D eigenvalue weighted by Crippen LogP contribution is -2.40. The van der Waals surface area contributed by atoms with Crippen LogP contribution in [0.4, 0.5) is 18.9 Å². The van der Waals surface area contributed by atoms with Crippen LogP contribution in [0.25, 0.3) is 0 Å². The molecule has 0 saturated carbocycles. The summed E-state index contributed by atoms with van der Waals surface area (Å²) in [7, 11) is 0. The molecule has 3 N–H and O–H groups in total. The summed E-state index contributed by atoms with van der Waals surface area (Å²) in [5.74, 6) is -0.843. The normalized spacial score (nSPS) is 13.5. The summed E-state index contributed by atoms with van der Waals surface area (Å²) in [6.45, 7) is 3.41. The van der Waals surface area contributed by atoms with Gasteiger partial charge in [-0.1, -0.05) is 25.4 Å². The number of benzene rings is 1. The van der Waals surface area contributed by atoms with E-state index in [4.69, 9.17) is 17.3 Å². The van der Waals surface area contributed by atoms with Gasteiger partial charge < -0.3 is 11.1 Å². The number of amides is 1. The second-order valence-corrected chi connectivity index (χ2v) is 4.88. The molecule has 0 aromatic heterocycles. The topological polar surface area (TPSA) is 55.1 Å². The zero-order valence-corrected chi connectivity index (χ0v) is 11.1. The number of carbonyl (C=O) groups excluding carboxylic acids is 1. The highest BCUT2D eigenvalue weighted by Crippen LogP contribution is 2.36. The van der Waals surface area contributed by atoms with Crippen LogP contribution in [-0.2, 0) is 11.0 Å². The lowest BCUT2D eigenvalue weighted by Gasteiger charge is -2.18. The van der Waals surface area contributed by atoms with Gasteiger partial charge >= 0.3 is 6.18 Å². The maximum absolute atomic E-state index is 12.8. The SMILES string of the molecule is CC(C)[C@H](N)C(=O)Nc1ccc(Cl)cc1C(F)(F)F. The fourth-order valence-electron chi connectivity index (χ4n) is 1.38. The lowest BCUT2D eigenvalue weighted by molar-refractivity contribution is -0.137. The standard InChI is InChI=1S/C12H14ClF3N2O/c1-6(2)10(17)11(19)18-9-4-3-7(13)5-8(9)12(14,15)16/h3-6,10H,17H2,1-2H3,(H,18,19)/t10-/m0/s1. The summed E-state index contributed by atoms with van der Waals surface area (Å²) in [5, 5.41) is 2.13. The zero-order valence-electron chi connectivity index (χ0n) is 10.4. The summed E-state index contributed by atoms with van der Waals surface area (Å²) in [4.78, 5) is 11.7. The second kappa shape index (κ2) is 5.79. The maximum atomic E-state index is 12.8. The summed E-state index contributed by atoms with van der Waals surface area (Å²) in [6.07, 6.45) is -4.60. The zero-order chi connectivity index (χ0) is 14.8. The molecule has 0 spiro atoms. The molecular formula is C12H14ClF3N2O. The van der Waals surface area contributed by atoms with Crippen LogP contribution in [0.2, 0.25) is 5.02 Å². The van der Waals surface area contributed by atoms with Gasteiger partial charge in [0.05, 0.1) is 17.3 Å². The molecule has 106 valence electrons. The van der Waals surface area contributed by atoms with E-state index in [2.05, 4.69) is 5.32 Å².